The summed E-state index contributed by atoms with van der Waals surface area (Å²) >= 11 is 0. The molecule has 0 bridgehead atoms. The van der Waals surface area contributed by atoms with Crippen LogP contribution in [0.1, 0.15) is 146 Å². The molecule has 4 aliphatic carbocycles. The molecule has 4 saturated carbocycles. The number of piperidine rings is 3. The minimum Gasteiger partial charge on any atom is -0.484 e. The molecule has 98 heavy (non-hydrogen) atoms. The molecule has 0 radical (unpaired) electrons. The summed E-state index contributed by atoms with van der Waals surface area (Å²) in [6.45, 7) is 8.90. The fourth-order valence-corrected chi connectivity index (χ4v) is 14.3. The van der Waals surface area contributed by atoms with Crippen LogP contribution >= 0.6 is 0 Å². The van der Waals surface area contributed by atoms with Crippen LogP contribution in [0.4, 0.5) is 39.5 Å². The van der Waals surface area contributed by atoms with Crippen LogP contribution < -0.4 is 14.2 Å². The number of sulfone groups is 3. The third-order valence-electron chi connectivity index (χ3n) is 19.1. The van der Waals surface area contributed by atoms with Crippen molar-refractivity contribution in [1.82, 2.24) is 45.1 Å². The molecular weight excluding hydrogens is 1380 g/mol. The van der Waals surface area contributed by atoms with Crippen LogP contribution in [-0.4, -0.2) is 182 Å². The first kappa shape index (κ1) is 71.4. The molecule has 36 heteroatoms. The number of alkyl halides is 9. The van der Waals surface area contributed by atoms with Crippen LogP contribution in [-0.2, 0) is 51.9 Å². The molecule has 9 atom stereocenters. The summed E-state index contributed by atoms with van der Waals surface area (Å²) in [6.07, 6.45) is -2.31. The molecule has 13 rings (SSSR count). The van der Waals surface area contributed by atoms with E-state index in [9.17, 15) is 79.2 Å². The molecule has 3 aliphatic heterocycles. The summed E-state index contributed by atoms with van der Waals surface area (Å²) in [5.41, 5.74) is -2.04. The maximum Gasteiger partial charge on any atom is 0.471 e. The zero-order valence-electron chi connectivity index (χ0n) is 54.3. The van der Waals surface area contributed by atoms with E-state index in [-0.39, 0.29) is 96.1 Å². The highest BCUT2D eigenvalue weighted by Crippen LogP contribution is 2.61. The Balaban J connectivity index is 0.000000149. The molecular formula is C62H68F9N9O15S3. The highest BCUT2D eigenvalue weighted by atomic mass is 32.2. The normalized spacial score (nSPS) is 24.4. The van der Waals surface area contributed by atoms with Crippen molar-refractivity contribution in [3.63, 3.8) is 0 Å². The Bertz CT molecular complexity index is 4500. The van der Waals surface area contributed by atoms with E-state index in [2.05, 4.69) is 34.9 Å². The van der Waals surface area contributed by atoms with Crippen LogP contribution in [0.15, 0.2) is 82.9 Å². The van der Waals surface area contributed by atoms with Crippen LogP contribution in [0.2, 0.25) is 0 Å². The van der Waals surface area contributed by atoms with E-state index < -0.39 is 101 Å². The second-order valence-corrected chi connectivity index (χ2v) is 33.0. The van der Waals surface area contributed by atoms with E-state index >= 15 is 0 Å². The molecule has 6 aromatic rings. The van der Waals surface area contributed by atoms with Gasteiger partial charge in [0.25, 0.3) is 35.5 Å². The predicted octanol–water partition coefficient (Wildman–Crippen LogP) is 9.13. The molecule has 3 saturated heterocycles. The van der Waals surface area contributed by atoms with Gasteiger partial charge in [0.1, 0.15) is 17.2 Å². The number of carbonyl (C=O) groups excluding carboxylic acids is 3. The molecule has 9 unspecified atom stereocenters. The summed E-state index contributed by atoms with van der Waals surface area (Å²) in [6, 6.07) is 10.7. The largest absolute Gasteiger partial charge is 0.484 e. The number of carbonyl (C=O) groups is 3. The van der Waals surface area contributed by atoms with Crippen molar-refractivity contribution < 1.29 is 107 Å². The third kappa shape index (κ3) is 14.4. The molecule has 3 aromatic carbocycles. The quantitative estimate of drug-likeness (QED) is 0.0682. The maximum absolute atomic E-state index is 13.7. The first-order valence-electron chi connectivity index (χ1n) is 30.8. The van der Waals surface area contributed by atoms with E-state index in [0.717, 1.165) is 76.5 Å². The number of nitrogens with zero attached hydrogens (tertiary/aromatic N) is 9. The van der Waals surface area contributed by atoms with Crippen molar-refractivity contribution in [3.8, 4) is 17.2 Å². The second kappa shape index (κ2) is 24.5. The van der Waals surface area contributed by atoms with Crippen LogP contribution in [0.3, 0.4) is 0 Å². The molecule has 0 N–H and O–H groups in total. The summed E-state index contributed by atoms with van der Waals surface area (Å²) in [5.74, 6) is -10.6. The number of aryl methyl sites for hydroxylation is 1. The number of hydrogen-bond donors (Lipinski definition) is 0. The fourth-order valence-electron chi connectivity index (χ4n) is 12.4. The van der Waals surface area contributed by atoms with Gasteiger partial charge in [0.15, 0.2) is 65.3 Å². The number of hydrogen-bond acceptors (Lipinski definition) is 21. The number of rotatable bonds is 19. The van der Waals surface area contributed by atoms with Gasteiger partial charge in [0.2, 0.25) is 11.8 Å². The average molecular weight is 1450 g/mol. The van der Waals surface area contributed by atoms with E-state index in [0.29, 0.717) is 75.8 Å². The molecule has 532 valence electrons. The number of fused-ring (bicyclic) bond motifs is 3. The second-order valence-electron chi connectivity index (χ2n) is 27.0. The Morgan fingerprint density at radius 1 is 0.500 bits per heavy atom. The summed E-state index contributed by atoms with van der Waals surface area (Å²) < 4.78 is 224. The molecule has 6 heterocycles. The summed E-state index contributed by atoms with van der Waals surface area (Å²) in [7, 11) is -11.0. The highest BCUT2D eigenvalue weighted by Gasteiger charge is 2.67. The molecule has 7 fully saturated rings. The van der Waals surface area contributed by atoms with Crippen LogP contribution in [0.5, 0.6) is 17.2 Å². The van der Waals surface area contributed by atoms with Crippen LogP contribution in [0.25, 0.3) is 0 Å². The number of benzene rings is 3. The third-order valence-corrected chi connectivity index (χ3v) is 22.4. The van der Waals surface area contributed by atoms with Gasteiger partial charge in [-0.25, -0.2) is 51.6 Å². The Hall–Kier alpha value is -7.89. The lowest BCUT2D eigenvalue weighted by molar-refractivity contribution is -0.159. The fraction of sp³-hybridized carbons (Fsp3) is 0.565. The monoisotopic (exact) mass is 1450 g/mol. The molecule has 24 nitrogen and oxygen atoms in total. The average Bonchev–Trinajstić information content (AvgIpc) is 1.55. The lowest BCUT2D eigenvalue weighted by atomic mass is 10.1. The Morgan fingerprint density at radius 2 is 0.816 bits per heavy atom. The van der Waals surface area contributed by atoms with Crippen molar-refractivity contribution in [2.45, 2.75) is 160 Å². The van der Waals surface area contributed by atoms with Gasteiger partial charge >= 0.3 is 12.1 Å². The van der Waals surface area contributed by atoms with Gasteiger partial charge < -0.3 is 42.5 Å². The Kier molecular flexibility index (Phi) is 17.8. The van der Waals surface area contributed by atoms with Crippen molar-refractivity contribution in [1.29, 1.82) is 0 Å². The van der Waals surface area contributed by atoms with Gasteiger partial charge in [-0.1, -0.05) is 15.5 Å². The topological polar surface area (TPSA) is 308 Å². The van der Waals surface area contributed by atoms with Gasteiger partial charge in [-0.2, -0.15) is 28.1 Å². The van der Waals surface area contributed by atoms with Gasteiger partial charge in [-0.3, -0.25) is 14.4 Å². The predicted molar refractivity (Wildman–Crippen MR) is 322 cm³/mol. The van der Waals surface area contributed by atoms with Crippen molar-refractivity contribution in [3.05, 3.63) is 106 Å². The van der Waals surface area contributed by atoms with Crippen molar-refractivity contribution >= 4 is 47.2 Å². The maximum atomic E-state index is 13.7. The van der Waals surface area contributed by atoms with E-state index in [1.54, 1.807) is 16.7 Å². The van der Waals surface area contributed by atoms with E-state index in [4.69, 9.17) is 23.3 Å². The number of aromatic nitrogens is 6. The Morgan fingerprint density at radius 3 is 1.10 bits per heavy atom. The number of halogens is 9. The van der Waals surface area contributed by atoms with Gasteiger partial charge in [0, 0.05) is 91.6 Å². The smallest absolute Gasteiger partial charge is 0.471 e. The van der Waals surface area contributed by atoms with Gasteiger partial charge in [-0.15, -0.1) is 0 Å². The lowest BCUT2D eigenvalue weighted by Crippen LogP contribution is -2.35. The SMILES string of the molecule is CC(Oc1ccc(S(C)(=O)=O)cc1C(=O)N1CC2CC2(c2noc(C(F)(F)F)n2)C1)C(C)(F)F.CC(Oc1ccc(S(C)(=O)=O)cc1C(=O)N1CC2CC2(c2noc(C3CC3)n2)C1)C(C)(F)F.Cc1nc(C23CC2CN(C(=O)c2cc(S(C)(=O)=O)ccc2OC(C)C(C)(F)F)C3)no1. The first-order valence-corrected chi connectivity index (χ1v) is 36.5. The lowest BCUT2D eigenvalue weighted by Gasteiger charge is -2.25. The number of likely N-dealkylation sites (tertiary alicyclic amines) is 3. The molecule has 3 aromatic heterocycles. The number of amides is 3. The van der Waals surface area contributed by atoms with Crippen molar-refractivity contribution in [2.75, 3.05) is 58.0 Å². The minimum absolute atomic E-state index is 0.0463. The Labute approximate surface area is 556 Å². The zero-order chi connectivity index (χ0) is 71.8. The van der Waals surface area contributed by atoms with Gasteiger partial charge in [0.05, 0.1) is 47.6 Å². The van der Waals surface area contributed by atoms with Crippen molar-refractivity contribution in [2.24, 2.45) is 17.8 Å². The van der Waals surface area contributed by atoms with Crippen LogP contribution in [0, 0.1) is 24.7 Å². The van der Waals surface area contributed by atoms with E-state index in [1.807, 2.05) is 0 Å². The summed E-state index contributed by atoms with van der Waals surface area (Å²) in [4.78, 5) is 56.4. The standard InChI is InChI=1S/C22H25F2N3O5S.C20H20F5N3O5S.C20H23F2N3O5S/c1-12(21(2,23)24)31-17-7-6-15(33(3,29)30)8-16(17)19(28)27-10-14-9-22(14,11-27)20-25-18(32-26-20)13-4-5-13;1-10(18(2,21)22)32-14-5-4-12(34(3,30)31)6-13(14)15(29)28-8-11-7-19(11,9-28)16-26-17(33-27-16)20(23,24)25;1-11(19(3,21)22)29-16-6-5-14(31(4,27)28)7-15(16)17(26)25-9-13-8-20(13,10-25)18-23-12(2)30-24-18/h6-8,12-14H,4-5,9-11H2,1-3H3;4-6,10-11H,7-9H2,1-3H3;5-7,11,13H,8-10H2,1-4H3. The summed E-state index contributed by atoms with van der Waals surface area (Å²) in [5, 5.41) is 11.6. The zero-order valence-corrected chi connectivity index (χ0v) is 56.7. The number of ether oxygens (including phenoxy) is 3. The van der Waals surface area contributed by atoms with Gasteiger partial charge in [-0.05, 0) is 125 Å². The molecule has 7 aliphatic rings. The highest BCUT2D eigenvalue weighted by molar-refractivity contribution is 7.91. The van der Waals surface area contributed by atoms with E-state index in [1.165, 1.54) is 55.1 Å². The molecule has 0 spiro atoms. The molecule has 3 amide bonds. The first-order chi connectivity index (χ1) is 45.2. The minimum atomic E-state index is -4.81.